The second kappa shape index (κ2) is 5.90. The molecule has 0 radical (unpaired) electrons. The number of rotatable bonds is 4. The molecular formula is C14H26N2O3. The lowest BCUT2D eigenvalue weighted by Crippen LogP contribution is -2.58. The number of carbonyl (C=O) groups is 2. The Morgan fingerprint density at radius 3 is 2.21 bits per heavy atom. The maximum Gasteiger partial charge on any atom is 0.305 e. The van der Waals surface area contributed by atoms with Gasteiger partial charge in [-0.1, -0.05) is 40.0 Å². The largest absolute Gasteiger partial charge is 0.481 e. The summed E-state index contributed by atoms with van der Waals surface area (Å²) < 4.78 is 0. The number of carbonyl (C=O) groups excluding carboxylic acids is 1. The summed E-state index contributed by atoms with van der Waals surface area (Å²) in [6.07, 6.45) is 4.44. The fourth-order valence-corrected chi connectivity index (χ4v) is 2.60. The summed E-state index contributed by atoms with van der Waals surface area (Å²) in [7, 11) is 0. The average Bonchev–Trinajstić information content (AvgIpc) is 2.26. The standard InChI is InChI=1S/C14H26N2O3/c1-13(2,3)11(15)12(19)16-14(9-10(17)18)7-5-4-6-8-14/h11H,4-9,15H2,1-3H3,(H,16,19)(H,17,18)/t11-/m1/s1. The van der Waals surface area contributed by atoms with E-state index in [1.54, 1.807) is 0 Å². The van der Waals surface area contributed by atoms with Gasteiger partial charge in [0.05, 0.1) is 18.0 Å². The maximum atomic E-state index is 12.2. The zero-order valence-corrected chi connectivity index (χ0v) is 12.2. The fourth-order valence-electron chi connectivity index (χ4n) is 2.60. The molecule has 0 aliphatic heterocycles. The molecule has 1 saturated carbocycles. The van der Waals surface area contributed by atoms with Crippen molar-refractivity contribution in [2.24, 2.45) is 11.1 Å². The van der Waals surface area contributed by atoms with Crippen LogP contribution in [0, 0.1) is 5.41 Å². The van der Waals surface area contributed by atoms with Crippen LogP contribution in [0.5, 0.6) is 0 Å². The predicted octanol–water partition coefficient (Wildman–Crippen LogP) is 1.65. The molecule has 1 fully saturated rings. The van der Waals surface area contributed by atoms with E-state index in [0.29, 0.717) is 0 Å². The number of amides is 1. The van der Waals surface area contributed by atoms with E-state index < -0.39 is 17.6 Å². The predicted molar refractivity (Wildman–Crippen MR) is 73.6 cm³/mol. The second-order valence-corrected chi connectivity index (χ2v) is 6.74. The molecule has 0 aromatic heterocycles. The topological polar surface area (TPSA) is 92.4 Å². The number of hydrogen-bond donors (Lipinski definition) is 3. The van der Waals surface area contributed by atoms with Gasteiger partial charge in [0.15, 0.2) is 0 Å². The molecule has 19 heavy (non-hydrogen) atoms. The molecule has 5 heteroatoms. The zero-order valence-electron chi connectivity index (χ0n) is 12.2. The molecule has 1 aliphatic rings. The van der Waals surface area contributed by atoms with Crippen LogP contribution in [-0.4, -0.2) is 28.6 Å². The van der Waals surface area contributed by atoms with Crippen molar-refractivity contribution in [2.75, 3.05) is 0 Å². The Labute approximate surface area is 114 Å². The summed E-state index contributed by atoms with van der Waals surface area (Å²) >= 11 is 0. The van der Waals surface area contributed by atoms with Gasteiger partial charge in [0.2, 0.25) is 5.91 Å². The van der Waals surface area contributed by atoms with Gasteiger partial charge in [-0.2, -0.15) is 0 Å². The normalized spacial score (nSPS) is 20.6. The van der Waals surface area contributed by atoms with Crippen LogP contribution in [0.1, 0.15) is 59.3 Å². The first kappa shape index (κ1) is 16.0. The lowest BCUT2D eigenvalue weighted by Gasteiger charge is -2.39. The van der Waals surface area contributed by atoms with Crippen LogP contribution in [0.25, 0.3) is 0 Å². The van der Waals surface area contributed by atoms with E-state index in [9.17, 15) is 9.59 Å². The van der Waals surface area contributed by atoms with Crippen molar-refractivity contribution in [3.63, 3.8) is 0 Å². The van der Waals surface area contributed by atoms with E-state index in [1.807, 2.05) is 20.8 Å². The van der Waals surface area contributed by atoms with Crippen molar-refractivity contribution in [3.8, 4) is 0 Å². The monoisotopic (exact) mass is 270 g/mol. The zero-order chi connectivity index (χ0) is 14.7. The van der Waals surface area contributed by atoms with Gasteiger partial charge >= 0.3 is 5.97 Å². The van der Waals surface area contributed by atoms with Crippen LogP contribution in [0.4, 0.5) is 0 Å². The van der Waals surface area contributed by atoms with Gasteiger partial charge in [-0.05, 0) is 18.3 Å². The van der Waals surface area contributed by atoms with Gasteiger partial charge in [0.1, 0.15) is 0 Å². The molecule has 4 N–H and O–H groups in total. The quantitative estimate of drug-likeness (QED) is 0.724. The van der Waals surface area contributed by atoms with Crippen molar-refractivity contribution >= 4 is 11.9 Å². The summed E-state index contributed by atoms with van der Waals surface area (Å²) in [5.74, 6) is -1.11. The van der Waals surface area contributed by atoms with Gasteiger partial charge in [0, 0.05) is 0 Å². The highest BCUT2D eigenvalue weighted by molar-refractivity contribution is 5.83. The third kappa shape index (κ3) is 4.49. The molecule has 1 rings (SSSR count). The van der Waals surface area contributed by atoms with Gasteiger partial charge in [-0.15, -0.1) is 0 Å². The minimum absolute atomic E-state index is 0.0183. The molecule has 5 nitrogen and oxygen atoms in total. The van der Waals surface area contributed by atoms with Crippen molar-refractivity contribution in [1.82, 2.24) is 5.32 Å². The lowest BCUT2D eigenvalue weighted by molar-refractivity contribution is -0.140. The Morgan fingerprint density at radius 1 is 1.26 bits per heavy atom. The Hall–Kier alpha value is -1.10. The number of aliphatic carboxylic acids is 1. The number of nitrogens with two attached hydrogens (primary N) is 1. The third-order valence-corrected chi connectivity index (χ3v) is 3.90. The number of carboxylic acids is 1. The van der Waals surface area contributed by atoms with Crippen LogP contribution in [0.3, 0.4) is 0 Å². The number of hydrogen-bond acceptors (Lipinski definition) is 3. The van der Waals surface area contributed by atoms with Gasteiger partial charge in [-0.3, -0.25) is 9.59 Å². The molecule has 1 atom stereocenters. The Balaban J connectivity index is 2.77. The Bertz CT molecular complexity index is 341. The summed E-state index contributed by atoms with van der Waals surface area (Å²) in [6.45, 7) is 5.71. The molecule has 1 amide bonds. The van der Waals surface area contributed by atoms with E-state index in [1.165, 1.54) is 0 Å². The van der Waals surface area contributed by atoms with E-state index in [-0.39, 0.29) is 17.7 Å². The maximum absolute atomic E-state index is 12.2. The van der Waals surface area contributed by atoms with Crippen molar-refractivity contribution in [3.05, 3.63) is 0 Å². The van der Waals surface area contributed by atoms with Crippen molar-refractivity contribution in [1.29, 1.82) is 0 Å². The fraction of sp³-hybridized carbons (Fsp3) is 0.857. The molecule has 0 aromatic rings. The number of nitrogens with one attached hydrogen (secondary N) is 1. The highest BCUT2D eigenvalue weighted by atomic mass is 16.4. The first-order valence-electron chi connectivity index (χ1n) is 6.96. The Morgan fingerprint density at radius 2 is 1.79 bits per heavy atom. The van der Waals surface area contributed by atoms with Gasteiger partial charge in [-0.25, -0.2) is 0 Å². The van der Waals surface area contributed by atoms with Crippen LogP contribution in [0.15, 0.2) is 0 Å². The summed E-state index contributed by atoms with van der Waals surface area (Å²) in [6, 6.07) is -0.625. The molecular weight excluding hydrogens is 244 g/mol. The SMILES string of the molecule is CC(C)(C)[C@H](N)C(=O)NC1(CC(=O)O)CCCCC1. The molecule has 0 saturated heterocycles. The lowest BCUT2D eigenvalue weighted by atomic mass is 9.78. The van der Waals surface area contributed by atoms with E-state index in [0.717, 1.165) is 32.1 Å². The van der Waals surface area contributed by atoms with Crippen molar-refractivity contribution < 1.29 is 14.7 Å². The van der Waals surface area contributed by atoms with E-state index >= 15 is 0 Å². The highest BCUT2D eigenvalue weighted by Gasteiger charge is 2.38. The number of carboxylic acid groups (broad SMARTS) is 1. The molecule has 0 heterocycles. The average molecular weight is 270 g/mol. The summed E-state index contributed by atoms with van der Waals surface area (Å²) in [5, 5.41) is 12.0. The van der Waals surface area contributed by atoms with E-state index in [2.05, 4.69) is 5.32 Å². The molecule has 0 unspecified atom stereocenters. The third-order valence-electron chi connectivity index (χ3n) is 3.90. The van der Waals surface area contributed by atoms with Crippen LogP contribution in [0.2, 0.25) is 0 Å². The first-order chi connectivity index (χ1) is 8.66. The van der Waals surface area contributed by atoms with E-state index in [4.69, 9.17) is 10.8 Å². The smallest absolute Gasteiger partial charge is 0.305 e. The van der Waals surface area contributed by atoms with Gasteiger partial charge < -0.3 is 16.2 Å². The van der Waals surface area contributed by atoms with Crippen molar-refractivity contribution in [2.45, 2.75) is 70.9 Å². The molecule has 0 spiro atoms. The minimum Gasteiger partial charge on any atom is -0.481 e. The first-order valence-corrected chi connectivity index (χ1v) is 6.96. The molecule has 0 bridgehead atoms. The minimum atomic E-state index is -0.869. The molecule has 1 aliphatic carbocycles. The summed E-state index contributed by atoms with van der Waals surface area (Å²) in [5.41, 5.74) is 5.00. The van der Waals surface area contributed by atoms with Crippen LogP contribution >= 0.6 is 0 Å². The van der Waals surface area contributed by atoms with Crippen LogP contribution < -0.4 is 11.1 Å². The summed E-state index contributed by atoms with van der Waals surface area (Å²) in [4.78, 5) is 23.3. The second-order valence-electron chi connectivity index (χ2n) is 6.74. The van der Waals surface area contributed by atoms with Gasteiger partial charge in [0.25, 0.3) is 0 Å². The highest BCUT2D eigenvalue weighted by Crippen LogP contribution is 2.31. The molecule has 110 valence electrons. The molecule has 0 aromatic carbocycles. The Kier molecular flexibility index (Phi) is 4.96. The van der Waals surface area contributed by atoms with Crippen LogP contribution in [-0.2, 0) is 9.59 Å².